The van der Waals surface area contributed by atoms with Crippen LogP contribution in [0.15, 0.2) is 72.8 Å². The number of hydrogen-bond donors (Lipinski definition) is 1. The third kappa shape index (κ3) is 5.35. The van der Waals surface area contributed by atoms with Crippen LogP contribution in [0.25, 0.3) is 0 Å². The Morgan fingerprint density at radius 1 is 0.875 bits per heavy atom. The second kappa shape index (κ2) is 9.69. The van der Waals surface area contributed by atoms with Crippen molar-refractivity contribution >= 4 is 23.3 Å². The van der Waals surface area contributed by atoms with E-state index in [1.54, 1.807) is 0 Å². The Hall–Kier alpha value is -3.60. The van der Waals surface area contributed by atoms with Gasteiger partial charge in [-0.15, -0.1) is 0 Å². The van der Waals surface area contributed by atoms with E-state index in [1.165, 1.54) is 11.1 Å². The van der Waals surface area contributed by atoms with Gasteiger partial charge in [0.25, 0.3) is 0 Å². The first kappa shape index (κ1) is 21.6. The lowest BCUT2D eigenvalue weighted by Gasteiger charge is -2.36. The second-order valence-electron chi connectivity index (χ2n) is 8.46. The van der Waals surface area contributed by atoms with Crippen LogP contribution >= 0.6 is 0 Å². The molecule has 3 aromatic carbocycles. The molecule has 1 heterocycles. The number of anilines is 2. The number of benzene rings is 3. The summed E-state index contributed by atoms with van der Waals surface area (Å²) in [6.45, 7) is 6.24. The summed E-state index contributed by atoms with van der Waals surface area (Å²) >= 11 is 0. The van der Waals surface area contributed by atoms with Crippen molar-refractivity contribution < 1.29 is 9.59 Å². The molecule has 0 unspecified atom stereocenters. The van der Waals surface area contributed by atoms with Gasteiger partial charge in [-0.3, -0.25) is 9.69 Å². The fraction of sp³-hybridized carbons (Fsp3) is 0.259. The van der Waals surface area contributed by atoms with Crippen molar-refractivity contribution in [2.45, 2.75) is 33.2 Å². The molecule has 1 N–H and O–H groups in total. The second-order valence-corrected chi connectivity index (χ2v) is 8.46. The van der Waals surface area contributed by atoms with Crippen LogP contribution in [0.4, 0.5) is 16.2 Å². The van der Waals surface area contributed by atoms with Gasteiger partial charge in [0.15, 0.2) is 0 Å². The molecular formula is C27H29N3O2. The topological polar surface area (TPSA) is 52.6 Å². The van der Waals surface area contributed by atoms with Crippen LogP contribution in [0.5, 0.6) is 0 Å². The Balaban J connectivity index is 1.39. The van der Waals surface area contributed by atoms with E-state index in [1.807, 2.05) is 64.4 Å². The number of carbonyl (C=O) groups excluding carboxylic acids is 2. The van der Waals surface area contributed by atoms with Crippen molar-refractivity contribution in [3.8, 4) is 0 Å². The molecule has 1 fully saturated rings. The smallest absolute Gasteiger partial charge is 0.324 e. The van der Waals surface area contributed by atoms with Crippen LogP contribution in [-0.2, 0) is 17.8 Å². The molecule has 0 atom stereocenters. The number of urea groups is 1. The van der Waals surface area contributed by atoms with Gasteiger partial charge in [-0.2, -0.15) is 0 Å². The van der Waals surface area contributed by atoms with E-state index in [2.05, 4.69) is 37.4 Å². The molecular weight excluding hydrogens is 398 g/mol. The average molecular weight is 428 g/mol. The van der Waals surface area contributed by atoms with Gasteiger partial charge in [-0.1, -0.05) is 59.7 Å². The molecule has 164 valence electrons. The van der Waals surface area contributed by atoms with Gasteiger partial charge in [0.2, 0.25) is 5.91 Å². The van der Waals surface area contributed by atoms with Crippen molar-refractivity contribution in [2.24, 2.45) is 0 Å². The summed E-state index contributed by atoms with van der Waals surface area (Å²) in [5.41, 5.74) is 6.14. The highest BCUT2D eigenvalue weighted by Gasteiger charge is 2.26. The molecule has 1 aliphatic rings. The predicted molar refractivity (Wildman–Crippen MR) is 129 cm³/mol. The number of carbonyl (C=O) groups is 2. The maximum absolute atomic E-state index is 13.1. The minimum atomic E-state index is -0.0578. The molecule has 1 aliphatic heterocycles. The minimum Gasteiger partial charge on any atom is -0.326 e. The lowest BCUT2D eigenvalue weighted by molar-refractivity contribution is -0.115. The van der Waals surface area contributed by atoms with E-state index >= 15 is 0 Å². The van der Waals surface area contributed by atoms with Gasteiger partial charge in [0.1, 0.15) is 0 Å². The molecule has 4 rings (SSSR count). The van der Waals surface area contributed by atoms with Crippen LogP contribution in [-0.4, -0.2) is 29.9 Å². The zero-order valence-corrected chi connectivity index (χ0v) is 18.7. The Labute approximate surface area is 189 Å². The minimum absolute atomic E-state index is 0.0243. The number of rotatable bonds is 6. The Bertz CT molecular complexity index is 1070. The fourth-order valence-electron chi connectivity index (χ4n) is 4.26. The van der Waals surface area contributed by atoms with Crippen LogP contribution in [0.3, 0.4) is 0 Å². The van der Waals surface area contributed by atoms with Crippen molar-refractivity contribution in [3.05, 3.63) is 95.1 Å². The zero-order valence-electron chi connectivity index (χ0n) is 18.7. The highest BCUT2D eigenvalue weighted by atomic mass is 16.2. The molecule has 0 aliphatic carbocycles. The van der Waals surface area contributed by atoms with E-state index in [0.29, 0.717) is 19.5 Å². The molecule has 32 heavy (non-hydrogen) atoms. The van der Waals surface area contributed by atoms with Gasteiger partial charge >= 0.3 is 6.03 Å². The van der Waals surface area contributed by atoms with Crippen LogP contribution in [0, 0.1) is 13.8 Å². The van der Waals surface area contributed by atoms with Gasteiger partial charge in [-0.25, -0.2) is 4.79 Å². The molecule has 3 aromatic rings. The molecule has 0 aromatic heterocycles. The summed E-state index contributed by atoms with van der Waals surface area (Å²) in [4.78, 5) is 29.2. The molecule has 0 radical (unpaired) electrons. The van der Waals surface area contributed by atoms with Crippen LogP contribution in [0.1, 0.15) is 28.7 Å². The monoisotopic (exact) mass is 427 g/mol. The van der Waals surface area contributed by atoms with E-state index < -0.39 is 0 Å². The van der Waals surface area contributed by atoms with Crippen LogP contribution in [0.2, 0.25) is 0 Å². The lowest BCUT2D eigenvalue weighted by atomic mass is 10.1. The van der Waals surface area contributed by atoms with Gasteiger partial charge in [0, 0.05) is 31.0 Å². The van der Waals surface area contributed by atoms with Crippen molar-refractivity contribution in [1.82, 2.24) is 4.90 Å². The van der Waals surface area contributed by atoms with E-state index in [9.17, 15) is 9.59 Å². The van der Waals surface area contributed by atoms with Gasteiger partial charge in [0.05, 0.1) is 6.42 Å². The summed E-state index contributed by atoms with van der Waals surface area (Å²) in [6.07, 6.45) is 1.26. The Morgan fingerprint density at radius 3 is 2.25 bits per heavy atom. The Morgan fingerprint density at radius 2 is 1.56 bits per heavy atom. The fourth-order valence-corrected chi connectivity index (χ4v) is 4.26. The largest absolute Gasteiger partial charge is 0.326 e. The first-order chi connectivity index (χ1) is 15.5. The molecule has 5 heteroatoms. The van der Waals surface area contributed by atoms with E-state index in [0.717, 1.165) is 35.5 Å². The summed E-state index contributed by atoms with van der Waals surface area (Å²) in [7, 11) is 0. The predicted octanol–water partition coefficient (Wildman–Crippen LogP) is 5.32. The standard InChI is InChI=1S/C27H29N3O2/c1-20-15-21(2)17-23(16-20)19-29-13-6-14-30(27(29)32)25-11-9-24(10-12-25)28-26(31)18-22-7-4-3-5-8-22/h3-5,7-12,15-17H,6,13-14,18-19H2,1-2H3,(H,28,31). The highest BCUT2D eigenvalue weighted by molar-refractivity contribution is 5.94. The molecule has 0 spiro atoms. The molecule has 1 saturated heterocycles. The lowest BCUT2D eigenvalue weighted by Crippen LogP contribution is -2.49. The normalized spacial score (nSPS) is 13.9. The van der Waals surface area contributed by atoms with Gasteiger partial charge < -0.3 is 10.2 Å². The first-order valence-corrected chi connectivity index (χ1v) is 11.1. The van der Waals surface area contributed by atoms with Crippen LogP contribution < -0.4 is 10.2 Å². The van der Waals surface area contributed by atoms with Crippen molar-refractivity contribution in [2.75, 3.05) is 23.3 Å². The van der Waals surface area contributed by atoms with Gasteiger partial charge in [-0.05, 0) is 55.7 Å². The van der Waals surface area contributed by atoms with E-state index in [-0.39, 0.29) is 11.9 Å². The summed E-state index contributed by atoms with van der Waals surface area (Å²) in [6, 6.07) is 23.6. The zero-order chi connectivity index (χ0) is 22.5. The van der Waals surface area contributed by atoms with E-state index in [4.69, 9.17) is 0 Å². The molecule has 3 amide bonds. The quantitative estimate of drug-likeness (QED) is 0.579. The number of hydrogen-bond acceptors (Lipinski definition) is 2. The number of aryl methyl sites for hydroxylation is 2. The summed E-state index contributed by atoms with van der Waals surface area (Å²) in [5.74, 6) is -0.0578. The van der Waals surface area contributed by atoms with Crippen molar-refractivity contribution in [1.29, 1.82) is 0 Å². The first-order valence-electron chi connectivity index (χ1n) is 11.1. The molecule has 5 nitrogen and oxygen atoms in total. The number of nitrogens with one attached hydrogen (secondary N) is 1. The molecule has 0 saturated carbocycles. The number of nitrogens with zero attached hydrogens (tertiary/aromatic N) is 2. The maximum atomic E-state index is 13.1. The molecule has 0 bridgehead atoms. The SMILES string of the molecule is Cc1cc(C)cc(CN2CCCN(c3ccc(NC(=O)Cc4ccccc4)cc3)C2=O)c1. The summed E-state index contributed by atoms with van der Waals surface area (Å²) < 4.78 is 0. The van der Waals surface area contributed by atoms with Crippen molar-refractivity contribution in [3.63, 3.8) is 0 Å². The average Bonchev–Trinajstić information content (AvgIpc) is 2.76. The summed E-state index contributed by atoms with van der Waals surface area (Å²) in [5, 5.41) is 2.93. The third-order valence-electron chi connectivity index (χ3n) is 5.64. The maximum Gasteiger partial charge on any atom is 0.324 e. The number of amides is 3. The highest BCUT2D eigenvalue weighted by Crippen LogP contribution is 2.24. The Kier molecular flexibility index (Phi) is 6.55. The third-order valence-corrected chi connectivity index (χ3v) is 5.64.